The number of ether oxygens (including phenoxy) is 2. The minimum atomic E-state index is -0.727. The summed E-state index contributed by atoms with van der Waals surface area (Å²) in [4.78, 5) is 11.9. The highest BCUT2D eigenvalue weighted by Crippen LogP contribution is 2.32. The Kier molecular flexibility index (Phi) is 5.51. The predicted molar refractivity (Wildman–Crippen MR) is 77.4 cm³/mol. The number of hydrogen-bond donors (Lipinski definition) is 0. The zero-order valence-electron chi connectivity index (χ0n) is 11.9. The van der Waals surface area contributed by atoms with Crippen LogP contribution in [0.1, 0.15) is 50.5 Å². The van der Waals surface area contributed by atoms with Crippen molar-refractivity contribution in [1.29, 1.82) is 0 Å². The molecular formula is C14H21NO4S. The molecular weight excluding hydrogens is 278 g/mol. The van der Waals surface area contributed by atoms with Crippen LogP contribution in [0.2, 0.25) is 0 Å². The van der Waals surface area contributed by atoms with Gasteiger partial charge in [-0.2, -0.15) is 0 Å². The maximum absolute atomic E-state index is 11.3. The highest BCUT2D eigenvalue weighted by atomic mass is 32.1. The predicted octanol–water partition coefficient (Wildman–Crippen LogP) is 3.78. The fraction of sp³-hybridized carbons (Fsp3) is 0.714. The lowest BCUT2D eigenvalue weighted by atomic mass is 10.1. The number of nitro groups is 1. The summed E-state index contributed by atoms with van der Waals surface area (Å²) < 4.78 is 11.7. The molecule has 0 N–H and O–H groups in total. The molecule has 1 aromatic rings. The van der Waals surface area contributed by atoms with Gasteiger partial charge in [-0.3, -0.25) is 10.1 Å². The van der Waals surface area contributed by atoms with Gasteiger partial charge in [0.25, 0.3) is 0 Å². The van der Waals surface area contributed by atoms with Crippen LogP contribution in [-0.4, -0.2) is 23.4 Å². The van der Waals surface area contributed by atoms with Gasteiger partial charge < -0.3 is 9.47 Å². The Morgan fingerprint density at radius 3 is 2.95 bits per heavy atom. The summed E-state index contributed by atoms with van der Waals surface area (Å²) in [6, 6.07) is 3.07. The van der Waals surface area contributed by atoms with Crippen molar-refractivity contribution in [2.75, 3.05) is 0 Å². The first-order valence-electron chi connectivity index (χ1n) is 7.09. The SMILES string of the molecule is CC[C@H]([C@H](O[C@@H]1CCC[C@H](C)O1)c1cccs1)[N+](=O)[O-]. The molecule has 0 spiro atoms. The second-order valence-electron chi connectivity index (χ2n) is 5.14. The first-order chi connectivity index (χ1) is 9.61. The van der Waals surface area contributed by atoms with Gasteiger partial charge in [-0.15, -0.1) is 11.3 Å². The van der Waals surface area contributed by atoms with E-state index in [0.29, 0.717) is 6.42 Å². The van der Waals surface area contributed by atoms with Gasteiger partial charge >= 0.3 is 0 Å². The minimum Gasteiger partial charge on any atom is -0.350 e. The van der Waals surface area contributed by atoms with Gasteiger partial charge in [-0.25, -0.2) is 0 Å². The number of rotatable bonds is 6. The summed E-state index contributed by atoms with van der Waals surface area (Å²) in [5.74, 6) is 0. The summed E-state index contributed by atoms with van der Waals surface area (Å²) in [5, 5.41) is 13.2. The van der Waals surface area contributed by atoms with E-state index in [2.05, 4.69) is 0 Å². The number of hydrogen-bond acceptors (Lipinski definition) is 5. The van der Waals surface area contributed by atoms with Crippen molar-refractivity contribution >= 4 is 11.3 Å². The Morgan fingerprint density at radius 1 is 1.60 bits per heavy atom. The molecule has 5 nitrogen and oxygen atoms in total. The summed E-state index contributed by atoms with van der Waals surface area (Å²) in [6.07, 6.45) is 2.62. The van der Waals surface area contributed by atoms with Crippen LogP contribution < -0.4 is 0 Å². The summed E-state index contributed by atoms with van der Waals surface area (Å²) in [5.41, 5.74) is 0. The molecule has 0 saturated carbocycles. The third kappa shape index (κ3) is 3.77. The van der Waals surface area contributed by atoms with Gasteiger partial charge in [0, 0.05) is 16.2 Å². The van der Waals surface area contributed by atoms with Gasteiger partial charge in [0.15, 0.2) is 12.4 Å². The topological polar surface area (TPSA) is 61.6 Å². The fourth-order valence-electron chi connectivity index (χ4n) is 2.51. The Labute approximate surface area is 123 Å². The molecule has 112 valence electrons. The molecule has 0 radical (unpaired) electrons. The van der Waals surface area contributed by atoms with Crippen molar-refractivity contribution in [1.82, 2.24) is 0 Å². The molecule has 6 heteroatoms. The summed E-state index contributed by atoms with van der Waals surface area (Å²) in [6.45, 7) is 3.84. The fourth-order valence-corrected chi connectivity index (χ4v) is 3.32. The van der Waals surface area contributed by atoms with Gasteiger partial charge in [-0.05, 0) is 37.6 Å². The van der Waals surface area contributed by atoms with Crippen LogP contribution in [0.25, 0.3) is 0 Å². The highest BCUT2D eigenvalue weighted by molar-refractivity contribution is 7.10. The van der Waals surface area contributed by atoms with E-state index in [4.69, 9.17) is 9.47 Å². The van der Waals surface area contributed by atoms with E-state index < -0.39 is 12.1 Å². The lowest BCUT2D eigenvalue weighted by molar-refractivity contribution is -0.540. The van der Waals surface area contributed by atoms with Crippen LogP contribution in [0.5, 0.6) is 0 Å². The summed E-state index contributed by atoms with van der Waals surface area (Å²) in [7, 11) is 0. The lowest BCUT2D eigenvalue weighted by Crippen LogP contribution is -2.35. The lowest BCUT2D eigenvalue weighted by Gasteiger charge is -2.31. The van der Waals surface area contributed by atoms with Crippen LogP contribution in [0.4, 0.5) is 0 Å². The molecule has 1 aliphatic rings. The van der Waals surface area contributed by atoms with Gasteiger partial charge in [-0.1, -0.05) is 13.0 Å². The second-order valence-corrected chi connectivity index (χ2v) is 6.12. The van der Waals surface area contributed by atoms with Crippen molar-refractivity contribution in [2.24, 2.45) is 0 Å². The van der Waals surface area contributed by atoms with E-state index in [1.165, 1.54) is 11.3 Å². The Balaban J connectivity index is 2.12. The van der Waals surface area contributed by atoms with Crippen molar-refractivity contribution < 1.29 is 14.4 Å². The molecule has 0 amide bonds. The average Bonchev–Trinajstić information content (AvgIpc) is 2.91. The first-order valence-corrected chi connectivity index (χ1v) is 7.97. The van der Waals surface area contributed by atoms with Crippen LogP contribution in [0.3, 0.4) is 0 Å². The minimum absolute atomic E-state index is 0.161. The molecule has 1 aromatic heterocycles. The number of nitrogens with zero attached hydrogens (tertiary/aromatic N) is 1. The maximum atomic E-state index is 11.3. The monoisotopic (exact) mass is 299 g/mol. The van der Waals surface area contributed by atoms with E-state index >= 15 is 0 Å². The molecule has 0 aromatic carbocycles. The molecule has 0 unspecified atom stereocenters. The van der Waals surface area contributed by atoms with E-state index in [1.807, 2.05) is 31.4 Å². The largest absolute Gasteiger partial charge is 0.350 e. The number of thiophene rings is 1. The van der Waals surface area contributed by atoms with Crippen LogP contribution in [0, 0.1) is 10.1 Å². The quantitative estimate of drug-likeness (QED) is 0.592. The Hall–Kier alpha value is -0.980. The van der Waals surface area contributed by atoms with Crippen LogP contribution in [-0.2, 0) is 9.47 Å². The van der Waals surface area contributed by atoms with Crippen molar-refractivity contribution in [3.8, 4) is 0 Å². The Morgan fingerprint density at radius 2 is 2.40 bits per heavy atom. The smallest absolute Gasteiger partial charge is 0.243 e. The molecule has 20 heavy (non-hydrogen) atoms. The molecule has 1 saturated heterocycles. The Bertz CT molecular complexity index is 423. The average molecular weight is 299 g/mol. The van der Waals surface area contributed by atoms with Crippen molar-refractivity contribution in [3.05, 3.63) is 32.5 Å². The van der Waals surface area contributed by atoms with Crippen LogP contribution in [0.15, 0.2) is 17.5 Å². The van der Waals surface area contributed by atoms with Crippen molar-refractivity contribution in [3.63, 3.8) is 0 Å². The molecule has 4 atom stereocenters. The third-order valence-corrected chi connectivity index (χ3v) is 4.53. The molecule has 0 bridgehead atoms. The summed E-state index contributed by atoms with van der Waals surface area (Å²) >= 11 is 1.50. The zero-order valence-corrected chi connectivity index (χ0v) is 12.7. The molecule has 0 aliphatic carbocycles. The first kappa shape index (κ1) is 15.4. The molecule has 1 fully saturated rings. The van der Waals surface area contributed by atoms with Gasteiger partial charge in [0.1, 0.15) is 0 Å². The third-order valence-electron chi connectivity index (χ3n) is 3.60. The van der Waals surface area contributed by atoms with Gasteiger partial charge in [0.2, 0.25) is 6.04 Å². The molecule has 2 heterocycles. The van der Waals surface area contributed by atoms with Crippen molar-refractivity contribution in [2.45, 2.75) is 64.1 Å². The molecule has 2 rings (SSSR count). The van der Waals surface area contributed by atoms with Crippen LogP contribution >= 0.6 is 11.3 Å². The zero-order chi connectivity index (χ0) is 14.5. The maximum Gasteiger partial charge on any atom is 0.243 e. The normalized spacial score (nSPS) is 26.1. The second kappa shape index (κ2) is 7.15. The van der Waals surface area contributed by atoms with E-state index in [-0.39, 0.29) is 17.3 Å². The van der Waals surface area contributed by atoms with E-state index in [0.717, 1.165) is 24.1 Å². The van der Waals surface area contributed by atoms with E-state index in [1.54, 1.807) is 0 Å². The van der Waals surface area contributed by atoms with Gasteiger partial charge in [0.05, 0.1) is 6.10 Å². The standard InChI is InChI=1S/C14H21NO4S/c1-3-11(15(16)17)14(12-7-5-9-20-12)19-13-8-4-6-10(2)18-13/h5,7,9-11,13-14H,3-4,6,8H2,1-2H3/t10-,11+,13+,14-/m0/s1. The highest BCUT2D eigenvalue weighted by Gasteiger charge is 2.36. The molecule has 1 aliphatic heterocycles. The van der Waals surface area contributed by atoms with E-state index in [9.17, 15) is 10.1 Å².